The maximum Gasteiger partial charge on any atom is 0.407 e. The van der Waals surface area contributed by atoms with Crippen molar-refractivity contribution in [1.29, 1.82) is 0 Å². The van der Waals surface area contributed by atoms with Crippen molar-refractivity contribution in [2.24, 2.45) is 5.16 Å². The van der Waals surface area contributed by atoms with Crippen LogP contribution < -0.4 is 0 Å². The lowest BCUT2D eigenvalue weighted by Crippen LogP contribution is -2.35. The molecule has 0 aromatic carbocycles. The number of rotatable bonds is 5. The second-order valence-corrected chi connectivity index (χ2v) is 3.09. The molecule has 90 valence electrons. The Balaban J connectivity index is 2.83. The van der Waals surface area contributed by atoms with E-state index in [1.807, 2.05) is 0 Å². The van der Waals surface area contributed by atoms with Crippen LogP contribution in [0.5, 0.6) is 0 Å². The molecule has 0 atom stereocenters. The molecule has 0 aliphatic rings. The zero-order chi connectivity index (χ0) is 12.7. The van der Waals surface area contributed by atoms with Crippen molar-refractivity contribution >= 4 is 11.8 Å². The molecule has 0 spiro atoms. The van der Waals surface area contributed by atoms with Gasteiger partial charge in [0.2, 0.25) is 0 Å². The lowest BCUT2D eigenvalue weighted by Gasteiger charge is -2.17. The predicted molar refractivity (Wildman–Crippen MR) is 60.2 cm³/mol. The molecule has 0 fully saturated rings. The summed E-state index contributed by atoms with van der Waals surface area (Å²) in [5.41, 5.74) is 0.452. The van der Waals surface area contributed by atoms with Gasteiger partial charge in [0.05, 0.1) is 12.7 Å². The number of hydrogen-bond acceptors (Lipinski definition) is 5. The first kappa shape index (κ1) is 12.6. The van der Waals surface area contributed by atoms with Crippen LogP contribution in [0.25, 0.3) is 0 Å². The summed E-state index contributed by atoms with van der Waals surface area (Å²) in [6.07, 6.45) is 4.61. The fraction of sp³-hybridized carbons (Fsp3) is 0.200. The van der Waals surface area contributed by atoms with Crippen molar-refractivity contribution in [3.8, 4) is 0 Å². The van der Waals surface area contributed by atoms with Crippen molar-refractivity contribution in [2.45, 2.75) is 0 Å². The molecule has 0 radical (unpaired) electrons. The van der Waals surface area contributed by atoms with Gasteiger partial charge < -0.3 is 10.3 Å². The SMILES string of the molecule is C=CCN(CC(=NO)c1cnccn1)C(=O)O. The monoisotopic (exact) mass is 236 g/mol. The maximum absolute atomic E-state index is 10.9. The standard InChI is InChI=1S/C10H12N4O3/c1-2-5-14(10(15)16)7-9(13-17)8-6-11-3-4-12-8/h2-4,6,17H,1,5,7H2,(H,15,16). The quantitative estimate of drug-likeness (QED) is 0.341. The van der Waals surface area contributed by atoms with E-state index in [2.05, 4.69) is 21.7 Å². The van der Waals surface area contributed by atoms with Crippen molar-refractivity contribution in [2.75, 3.05) is 13.1 Å². The smallest absolute Gasteiger partial charge is 0.407 e. The van der Waals surface area contributed by atoms with Crippen LogP contribution in [0.15, 0.2) is 36.4 Å². The predicted octanol–water partition coefficient (Wildman–Crippen LogP) is 0.821. The molecule has 0 aliphatic carbocycles. The third-order valence-electron chi connectivity index (χ3n) is 1.94. The second-order valence-electron chi connectivity index (χ2n) is 3.09. The highest BCUT2D eigenvalue weighted by molar-refractivity contribution is 6.00. The van der Waals surface area contributed by atoms with Crippen molar-refractivity contribution in [3.63, 3.8) is 0 Å². The molecule has 0 saturated carbocycles. The van der Waals surface area contributed by atoms with E-state index < -0.39 is 6.09 Å². The Bertz CT molecular complexity index is 419. The molecule has 0 saturated heterocycles. The Labute approximate surface area is 97.7 Å². The summed E-state index contributed by atoms with van der Waals surface area (Å²) >= 11 is 0. The van der Waals surface area contributed by atoms with Crippen molar-refractivity contribution < 1.29 is 15.1 Å². The first-order chi connectivity index (χ1) is 8.19. The van der Waals surface area contributed by atoms with Gasteiger partial charge in [0.15, 0.2) is 0 Å². The molecular formula is C10H12N4O3. The largest absolute Gasteiger partial charge is 0.465 e. The van der Waals surface area contributed by atoms with E-state index in [0.717, 1.165) is 4.90 Å². The minimum atomic E-state index is -1.13. The molecule has 1 amide bonds. The molecule has 0 unspecified atom stereocenters. The molecule has 1 aromatic heterocycles. The summed E-state index contributed by atoms with van der Waals surface area (Å²) in [5.74, 6) is 0. The van der Waals surface area contributed by atoms with Crippen LogP contribution in [0, 0.1) is 0 Å². The molecule has 1 aromatic rings. The number of carbonyl (C=O) groups is 1. The van der Waals surface area contributed by atoms with Crippen LogP contribution in [0.3, 0.4) is 0 Å². The van der Waals surface area contributed by atoms with E-state index in [4.69, 9.17) is 10.3 Å². The summed E-state index contributed by atoms with van der Waals surface area (Å²) in [6, 6.07) is 0. The fourth-order valence-corrected chi connectivity index (χ4v) is 1.16. The molecule has 17 heavy (non-hydrogen) atoms. The van der Waals surface area contributed by atoms with Gasteiger partial charge in [-0.05, 0) is 0 Å². The zero-order valence-corrected chi connectivity index (χ0v) is 9.02. The minimum Gasteiger partial charge on any atom is -0.465 e. The number of carboxylic acid groups (broad SMARTS) is 1. The number of nitrogens with zero attached hydrogens (tertiary/aromatic N) is 4. The van der Waals surface area contributed by atoms with Crippen LogP contribution in [-0.2, 0) is 0 Å². The first-order valence-electron chi connectivity index (χ1n) is 4.75. The zero-order valence-electron chi connectivity index (χ0n) is 9.02. The number of aromatic nitrogens is 2. The molecule has 7 nitrogen and oxygen atoms in total. The summed E-state index contributed by atoms with van der Waals surface area (Å²) in [4.78, 5) is 19.7. The van der Waals surface area contributed by atoms with E-state index >= 15 is 0 Å². The Hall–Kier alpha value is -2.44. The van der Waals surface area contributed by atoms with E-state index in [1.165, 1.54) is 24.7 Å². The summed E-state index contributed by atoms with van der Waals surface area (Å²) < 4.78 is 0. The Kier molecular flexibility index (Phi) is 4.61. The van der Waals surface area contributed by atoms with Crippen LogP contribution in [0.4, 0.5) is 4.79 Å². The third kappa shape index (κ3) is 3.56. The Morgan fingerprint density at radius 1 is 1.59 bits per heavy atom. The highest BCUT2D eigenvalue weighted by atomic mass is 16.4. The third-order valence-corrected chi connectivity index (χ3v) is 1.94. The van der Waals surface area contributed by atoms with Crippen LogP contribution in [0.1, 0.15) is 5.69 Å². The van der Waals surface area contributed by atoms with Crippen molar-refractivity contribution in [3.05, 3.63) is 36.9 Å². The summed E-state index contributed by atoms with van der Waals surface area (Å²) in [7, 11) is 0. The van der Waals surface area contributed by atoms with Gasteiger partial charge >= 0.3 is 6.09 Å². The van der Waals surface area contributed by atoms with Crippen LogP contribution >= 0.6 is 0 Å². The average molecular weight is 236 g/mol. The normalized spacial score (nSPS) is 10.9. The topological polar surface area (TPSA) is 98.9 Å². The molecular weight excluding hydrogens is 224 g/mol. The van der Waals surface area contributed by atoms with Gasteiger partial charge in [0, 0.05) is 18.9 Å². The average Bonchev–Trinajstić information content (AvgIpc) is 2.35. The Morgan fingerprint density at radius 2 is 2.35 bits per heavy atom. The lowest BCUT2D eigenvalue weighted by atomic mass is 10.2. The Morgan fingerprint density at radius 3 is 2.82 bits per heavy atom. The highest BCUT2D eigenvalue weighted by Gasteiger charge is 2.15. The van der Waals surface area contributed by atoms with Gasteiger partial charge in [0.25, 0.3) is 0 Å². The summed E-state index contributed by atoms with van der Waals surface area (Å²) in [5, 5.41) is 20.8. The molecule has 1 rings (SSSR count). The molecule has 2 N–H and O–H groups in total. The molecule has 7 heteroatoms. The van der Waals surface area contributed by atoms with Crippen molar-refractivity contribution in [1.82, 2.24) is 14.9 Å². The number of amides is 1. The number of oxime groups is 1. The number of hydrogen-bond donors (Lipinski definition) is 2. The van der Waals surface area contributed by atoms with Gasteiger partial charge in [0.1, 0.15) is 11.4 Å². The van der Waals surface area contributed by atoms with E-state index in [-0.39, 0.29) is 18.8 Å². The van der Waals surface area contributed by atoms with E-state index in [0.29, 0.717) is 5.69 Å². The van der Waals surface area contributed by atoms with Gasteiger partial charge in [-0.3, -0.25) is 14.9 Å². The second kappa shape index (κ2) is 6.21. The molecule has 0 aliphatic heterocycles. The minimum absolute atomic E-state index is 0.0868. The van der Waals surface area contributed by atoms with Crippen LogP contribution in [0.2, 0.25) is 0 Å². The maximum atomic E-state index is 10.9. The van der Waals surface area contributed by atoms with Gasteiger partial charge in [-0.15, -0.1) is 6.58 Å². The van der Waals surface area contributed by atoms with E-state index in [9.17, 15) is 4.79 Å². The van der Waals surface area contributed by atoms with Crippen LogP contribution in [-0.4, -0.2) is 50.1 Å². The van der Waals surface area contributed by atoms with Gasteiger partial charge in [-0.25, -0.2) is 4.79 Å². The first-order valence-corrected chi connectivity index (χ1v) is 4.75. The lowest BCUT2D eigenvalue weighted by molar-refractivity contribution is 0.156. The summed E-state index contributed by atoms with van der Waals surface area (Å²) in [6.45, 7) is 3.50. The van der Waals surface area contributed by atoms with Gasteiger partial charge in [-0.1, -0.05) is 11.2 Å². The molecule has 0 bridgehead atoms. The highest BCUT2D eigenvalue weighted by Crippen LogP contribution is 1.99. The van der Waals surface area contributed by atoms with E-state index in [1.54, 1.807) is 0 Å². The fourth-order valence-electron chi connectivity index (χ4n) is 1.16. The van der Waals surface area contributed by atoms with Gasteiger partial charge in [-0.2, -0.15) is 0 Å². The molecule has 1 heterocycles.